The van der Waals surface area contributed by atoms with Crippen LogP contribution in [-0.4, -0.2) is 24.6 Å². The van der Waals surface area contributed by atoms with E-state index < -0.39 is 0 Å². The van der Waals surface area contributed by atoms with Crippen molar-refractivity contribution in [1.29, 1.82) is 5.26 Å². The highest BCUT2D eigenvalue weighted by Gasteiger charge is 2.12. The SMILES string of the molecule is COc1cc(/C=C(\C#N)c2nc(C)cs2)ccc1OCC(=O)Nc1c(C)cc(C)cc1C. The molecule has 7 heteroatoms. The molecular weight excluding hydrogens is 422 g/mol. The number of nitriles is 1. The van der Waals surface area contributed by atoms with Crippen LogP contribution in [0.25, 0.3) is 11.6 Å². The van der Waals surface area contributed by atoms with Gasteiger partial charge >= 0.3 is 0 Å². The summed E-state index contributed by atoms with van der Waals surface area (Å²) < 4.78 is 11.1. The molecule has 0 atom stereocenters. The van der Waals surface area contributed by atoms with Gasteiger partial charge in [0, 0.05) is 16.8 Å². The summed E-state index contributed by atoms with van der Waals surface area (Å²) in [6, 6.07) is 11.5. The lowest BCUT2D eigenvalue weighted by Gasteiger charge is -2.14. The number of ether oxygens (including phenoxy) is 2. The number of nitrogens with zero attached hydrogens (tertiary/aromatic N) is 2. The van der Waals surface area contributed by atoms with Crippen molar-refractivity contribution in [3.63, 3.8) is 0 Å². The Morgan fingerprint density at radius 1 is 1.16 bits per heavy atom. The molecule has 1 N–H and O–H groups in total. The van der Waals surface area contributed by atoms with Gasteiger partial charge in [-0.15, -0.1) is 11.3 Å². The monoisotopic (exact) mass is 447 g/mol. The van der Waals surface area contributed by atoms with Gasteiger partial charge in [-0.2, -0.15) is 5.26 Å². The normalized spacial score (nSPS) is 11.1. The molecule has 6 nitrogen and oxygen atoms in total. The number of amides is 1. The lowest BCUT2D eigenvalue weighted by molar-refractivity contribution is -0.118. The molecule has 164 valence electrons. The molecule has 0 saturated carbocycles. The van der Waals surface area contributed by atoms with Crippen molar-refractivity contribution in [2.45, 2.75) is 27.7 Å². The average molecular weight is 448 g/mol. The highest BCUT2D eigenvalue weighted by Crippen LogP contribution is 2.30. The highest BCUT2D eigenvalue weighted by atomic mass is 32.1. The van der Waals surface area contributed by atoms with E-state index in [2.05, 4.69) is 16.4 Å². The summed E-state index contributed by atoms with van der Waals surface area (Å²) in [4.78, 5) is 16.8. The molecule has 3 rings (SSSR count). The summed E-state index contributed by atoms with van der Waals surface area (Å²) in [6.45, 7) is 7.70. The highest BCUT2D eigenvalue weighted by molar-refractivity contribution is 7.11. The summed E-state index contributed by atoms with van der Waals surface area (Å²) in [6.07, 6.45) is 1.75. The van der Waals surface area contributed by atoms with Gasteiger partial charge in [-0.1, -0.05) is 23.8 Å². The van der Waals surface area contributed by atoms with Crippen molar-refractivity contribution < 1.29 is 14.3 Å². The van der Waals surface area contributed by atoms with Gasteiger partial charge < -0.3 is 14.8 Å². The molecule has 1 heterocycles. The summed E-state index contributed by atoms with van der Waals surface area (Å²) in [7, 11) is 1.53. The van der Waals surface area contributed by atoms with Crippen molar-refractivity contribution in [2.24, 2.45) is 0 Å². The molecule has 0 radical (unpaired) electrons. The lowest BCUT2D eigenvalue weighted by atomic mass is 10.1. The number of thiazole rings is 1. The van der Waals surface area contributed by atoms with Crippen LogP contribution in [0, 0.1) is 39.0 Å². The van der Waals surface area contributed by atoms with E-state index in [1.165, 1.54) is 18.4 Å². The van der Waals surface area contributed by atoms with Gasteiger partial charge in [-0.05, 0) is 62.6 Å². The van der Waals surface area contributed by atoms with Crippen LogP contribution < -0.4 is 14.8 Å². The molecule has 32 heavy (non-hydrogen) atoms. The van der Waals surface area contributed by atoms with Gasteiger partial charge in [-0.3, -0.25) is 4.79 Å². The van der Waals surface area contributed by atoms with E-state index in [0.717, 1.165) is 33.6 Å². The Balaban J connectivity index is 1.72. The predicted octanol–water partition coefficient (Wildman–Crippen LogP) is 5.47. The first-order valence-electron chi connectivity index (χ1n) is 10.0. The minimum Gasteiger partial charge on any atom is -0.493 e. The van der Waals surface area contributed by atoms with Crippen LogP contribution in [-0.2, 0) is 4.79 Å². The van der Waals surface area contributed by atoms with Gasteiger partial charge in [0.15, 0.2) is 18.1 Å². The number of allylic oxidation sites excluding steroid dienone is 1. The van der Waals surface area contributed by atoms with Crippen molar-refractivity contribution in [3.05, 3.63) is 68.7 Å². The zero-order valence-corrected chi connectivity index (χ0v) is 19.6. The Bertz CT molecular complexity index is 1200. The molecule has 0 fully saturated rings. The predicted molar refractivity (Wildman–Crippen MR) is 128 cm³/mol. The van der Waals surface area contributed by atoms with Crippen LogP contribution in [0.3, 0.4) is 0 Å². The molecule has 0 aliphatic heterocycles. The van der Waals surface area contributed by atoms with Crippen LogP contribution in [0.5, 0.6) is 11.5 Å². The molecule has 1 aromatic heterocycles. The fourth-order valence-corrected chi connectivity index (χ4v) is 4.14. The van der Waals surface area contributed by atoms with Crippen LogP contribution in [0.4, 0.5) is 5.69 Å². The standard InChI is InChI=1S/C25H25N3O3S/c1-15-8-16(2)24(17(3)9-15)28-23(29)13-31-21-7-6-19(11-22(21)30-5)10-20(12-26)25-27-18(4)14-32-25/h6-11,14H,13H2,1-5H3,(H,28,29)/b20-10+. The number of aryl methyl sites for hydroxylation is 4. The van der Waals surface area contributed by atoms with Gasteiger partial charge in [0.05, 0.1) is 12.7 Å². The Kier molecular flexibility index (Phi) is 7.29. The molecule has 0 aliphatic carbocycles. The number of hydrogen-bond acceptors (Lipinski definition) is 6. The summed E-state index contributed by atoms with van der Waals surface area (Å²) in [5.41, 5.74) is 6.09. The first-order valence-corrected chi connectivity index (χ1v) is 10.9. The molecule has 0 bridgehead atoms. The number of carbonyl (C=O) groups is 1. The van der Waals surface area contributed by atoms with Crippen LogP contribution >= 0.6 is 11.3 Å². The number of anilines is 1. The quantitative estimate of drug-likeness (QED) is 0.486. The fourth-order valence-electron chi connectivity index (χ4n) is 3.38. The number of hydrogen-bond donors (Lipinski definition) is 1. The Morgan fingerprint density at radius 2 is 1.88 bits per heavy atom. The third-order valence-electron chi connectivity index (χ3n) is 4.77. The van der Waals surface area contributed by atoms with Crippen LogP contribution in [0.1, 0.15) is 33.0 Å². The third-order valence-corrected chi connectivity index (χ3v) is 5.76. The molecule has 2 aromatic carbocycles. The van der Waals surface area contributed by atoms with Gasteiger partial charge in [0.2, 0.25) is 0 Å². The first kappa shape index (κ1) is 23.0. The Hall–Kier alpha value is -3.63. The Morgan fingerprint density at radius 3 is 2.47 bits per heavy atom. The lowest BCUT2D eigenvalue weighted by Crippen LogP contribution is -2.21. The molecule has 3 aromatic rings. The average Bonchev–Trinajstić information content (AvgIpc) is 3.19. The topological polar surface area (TPSA) is 84.2 Å². The second kappa shape index (κ2) is 10.1. The van der Waals surface area contributed by atoms with Crippen molar-refractivity contribution in [2.75, 3.05) is 19.0 Å². The number of benzene rings is 2. The van der Waals surface area contributed by atoms with Crippen molar-refractivity contribution >= 4 is 34.6 Å². The van der Waals surface area contributed by atoms with E-state index in [0.29, 0.717) is 22.1 Å². The number of carbonyl (C=O) groups excluding carboxylic acids is 1. The minimum atomic E-state index is -0.253. The number of aromatic nitrogens is 1. The third kappa shape index (κ3) is 5.54. The minimum absolute atomic E-state index is 0.153. The first-order chi connectivity index (χ1) is 15.3. The maximum atomic E-state index is 12.5. The molecular formula is C25H25N3O3S. The van der Waals surface area contributed by atoms with E-state index >= 15 is 0 Å². The van der Waals surface area contributed by atoms with E-state index in [9.17, 15) is 10.1 Å². The molecule has 0 spiro atoms. The maximum absolute atomic E-state index is 12.5. The summed E-state index contributed by atoms with van der Waals surface area (Å²) >= 11 is 1.43. The summed E-state index contributed by atoms with van der Waals surface area (Å²) in [5, 5.41) is 15.0. The smallest absolute Gasteiger partial charge is 0.262 e. The van der Waals surface area contributed by atoms with Crippen LogP contribution in [0.15, 0.2) is 35.7 Å². The Labute approximate surface area is 192 Å². The van der Waals surface area contributed by atoms with Crippen molar-refractivity contribution in [3.8, 4) is 17.6 Å². The number of nitrogens with one attached hydrogen (secondary N) is 1. The molecule has 0 saturated heterocycles. The maximum Gasteiger partial charge on any atom is 0.262 e. The fraction of sp³-hybridized carbons (Fsp3) is 0.240. The van der Waals surface area contributed by atoms with E-state index in [1.54, 1.807) is 18.2 Å². The zero-order chi connectivity index (χ0) is 23.3. The van der Waals surface area contributed by atoms with Gasteiger partial charge in [0.25, 0.3) is 5.91 Å². The second-order valence-corrected chi connectivity index (χ2v) is 8.34. The summed E-state index contributed by atoms with van der Waals surface area (Å²) in [5.74, 6) is 0.666. The molecule has 0 aliphatic rings. The van der Waals surface area contributed by atoms with E-state index in [4.69, 9.17) is 9.47 Å². The van der Waals surface area contributed by atoms with E-state index in [1.807, 2.05) is 51.3 Å². The van der Waals surface area contributed by atoms with Gasteiger partial charge in [0.1, 0.15) is 11.1 Å². The van der Waals surface area contributed by atoms with Gasteiger partial charge in [-0.25, -0.2) is 4.98 Å². The largest absolute Gasteiger partial charge is 0.493 e. The van der Waals surface area contributed by atoms with Crippen LogP contribution in [0.2, 0.25) is 0 Å². The number of methoxy groups -OCH3 is 1. The number of rotatable bonds is 7. The van der Waals surface area contributed by atoms with E-state index in [-0.39, 0.29) is 12.5 Å². The molecule has 0 unspecified atom stereocenters. The molecule has 1 amide bonds. The zero-order valence-electron chi connectivity index (χ0n) is 18.8. The second-order valence-electron chi connectivity index (χ2n) is 7.48. The van der Waals surface area contributed by atoms with Crippen molar-refractivity contribution in [1.82, 2.24) is 4.98 Å².